The predicted octanol–water partition coefficient (Wildman–Crippen LogP) is 5.62. The van der Waals surface area contributed by atoms with Crippen molar-refractivity contribution in [3.05, 3.63) is 94.0 Å². The number of thiophene rings is 1. The van der Waals surface area contributed by atoms with Gasteiger partial charge in [0, 0.05) is 17.2 Å². The number of hydrogen-bond donors (Lipinski definition) is 0. The average molecular weight is 473 g/mol. The summed E-state index contributed by atoms with van der Waals surface area (Å²) in [6.45, 7) is 3.77. The van der Waals surface area contributed by atoms with Crippen LogP contribution in [0.15, 0.2) is 77.2 Å². The summed E-state index contributed by atoms with van der Waals surface area (Å²) in [5, 5.41) is 3.09. The van der Waals surface area contributed by atoms with Crippen LogP contribution in [0.1, 0.15) is 18.2 Å². The van der Waals surface area contributed by atoms with Crippen LogP contribution in [0.5, 0.6) is 0 Å². The van der Waals surface area contributed by atoms with Gasteiger partial charge in [-0.1, -0.05) is 48.5 Å². The highest BCUT2D eigenvalue weighted by molar-refractivity contribution is 7.22. The van der Waals surface area contributed by atoms with Crippen LogP contribution in [0.3, 0.4) is 0 Å². The highest BCUT2D eigenvalue weighted by Crippen LogP contribution is 2.35. The zero-order chi connectivity index (χ0) is 22.9. The fraction of sp³-hybridized carbons (Fsp3) is 0.120. The number of hydrogen-bond acceptors (Lipinski definition) is 6. The van der Waals surface area contributed by atoms with Crippen LogP contribution in [0.2, 0.25) is 0 Å². The van der Waals surface area contributed by atoms with E-state index in [4.69, 9.17) is 0 Å². The van der Waals surface area contributed by atoms with E-state index in [0.717, 1.165) is 26.5 Å². The van der Waals surface area contributed by atoms with Gasteiger partial charge in [-0.2, -0.15) is 0 Å². The van der Waals surface area contributed by atoms with Crippen LogP contribution in [-0.4, -0.2) is 20.4 Å². The van der Waals surface area contributed by atoms with E-state index in [2.05, 4.69) is 9.97 Å². The van der Waals surface area contributed by atoms with Crippen LogP contribution in [0.25, 0.3) is 20.7 Å². The maximum Gasteiger partial charge on any atom is 0.262 e. The predicted molar refractivity (Wildman–Crippen MR) is 135 cm³/mol. The summed E-state index contributed by atoms with van der Waals surface area (Å²) in [6, 6.07) is 19.4. The lowest BCUT2D eigenvalue weighted by Gasteiger charge is -2.17. The standard InChI is InChI=1S/C25H20N4O2S2/c1-16-21-23(33-22(16)18-9-5-3-6-10-18)26-15-28(24(21)31)13-19-14-32-25(27-19)29(17(2)30)20-11-7-4-8-12-20/h3-12,14-15H,13H2,1-2H3. The summed E-state index contributed by atoms with van der Waals surface area (Å²) >= 11 is 2.91. The van der Waals surface area contributed by atoms with Crippen LogP contribution in [0.4, 0.5) is 10.8 Å². The number of para-hydroxylation sites is 1. The molecule has 3 heterocycles. The third-order valence-corrected chi connectivity index (χ3v) is 7.47. The van der Waals surface area contributed by atoms with Gasteiger partial charge in [-0.3, -0.25) is 19.1 Å². The summed E-state index contributed by atoms with van der Waals surface area (Å²) in [6.07, 6.45) is 1.58. The first-order valence-electron chi connectivity index (χ1n) is 10.4. The monoisotopic (exact) mass is 472 g/mol. The zero-order valence-corrected chi connectivity index (χ0v) is 19.7. The molecule has 8 heteroatoms. The van der Waals surface area contributed by atoms with Gasteiger partial charge in [-0.25, -0.2) is 9.97 Å². The molecule has 3 aromatic heterocycles. The molecule has 2 aromatic carbocycles. The molecule has 0 saturated heterocycles. The molecule has 0 aliphatic heterocycles. The smallest absolute Gasteiger partial charge is 0.262 e. The molecule has 0 aliphatic rings. The molecule has 0 radical (unpaired) electrons. The molecule has 5 rings (SSSR count). The van der Waals surface area contributed by atoms with Gasteiger partial charge < -0.3 is 0 Å². The molecule has 0 saturated carbocycles. The number of thiazole rings is 1. The first-order valence-corrected chi connectivity index (χ1v) is 12.1. The van der Waals surface area contributed by atoms with E-state index in [-0.39, 0.29) is 18.0 Å². The molecule has 164 valence electrons. The molecule has 1 amide bonds. The maximum absolute atomic E-state index is 13.3. The van der Waals surface area contributed by atoms with Crippen molar-refractivity contribution in [2.24, 2.45) is 0 Å². The number of fused-ring (bicyclic) bond motifs is 1. The van der Waals surface area contributed by atoms with Crippen molar-refractivity contribution in [2.75, 3.05) is 4.90 Å². The van der Waals surface area contributed by atoms with E-state index in [1.807, 2.05) is 73.0 Å². The Kier molecular flexibility index (Phi) is 5.62. The van der Waals surface area contributed by atoms with Crippen molar-refractivity contribution in [3.63, 3.8) is 0 Å². The second-order valence-corrected chi connectivity index (χ2v) is 9.43. The number of nitrogens with zero attached hydrogens (tertiary/aromatic N) is 4. The minimum atomic E-state index is -0.121. The first-order chi connectivity index (χ1) is 16.0. The van der Waals surface area contributed by atoms with E-state index in [1.54, 1.807) is 15.8 Å². The van der Waals surface area contributed by atoms with Gasteiger partial charge in [-0.05, 0) is 30.2 Å². The summed E-state index contributed by atoms with van der Waals surface area (Å²) in [5.41, 5.74) is 3.40. The Morgan fingerprint density at radius 3 is 2.45 bits per heavy atom. The summed E-state index contributed by atoms with van der Waals surface area (Å²) in [5.74, 6) is -0.121. The Morgan fingerprint density at radius 2 is 1.76 bits per heavy atom. The van der Waals surface area contributed by atoms with Crippen molar-refractivity contribution in [3.8, 4) is 10.4 Å². The molecule has 5 aromatic rings. The number of benzene rings is 2. The molecule has 0 N–H and O–H groups in total. The molecule has 0 spiro atoms. The number of anilines is 2. The number of amides is 1. The lowest BCUT2D eigenvalue weighted by Crippen LogP contribution is -2.23. The van der Waals surface area contributed by atoms with Gasteiger partial charge in [0.15, 0.2) is 5.13 Å². The van der Waals surface area contributed by atoms with Crippen molar-refractivity contribution >= 4 is 49.6 Å². The van der Waals surface area contributed by atoms with Crippen LogP contribution < -0.4 is 10.5 Å². The fourth-order valence-corrected chi connectivity index (χ4v) is 5.81. The molecule has 0 fully saturated rings. The SMILES string of the molecule is CC(=O)N(c1ccccc1)c1nc(Cn2cnc3sc(-c4ccccc4)c(C)c3c2=O)cs1. The van der Waals surface area contributed by atoms with Crippen molar-refractivity contribution in [2.45, 2.75) is 20.4 Å². The fourth-order valence-electron chi connectivity index (χ4n) is 3.79. The zero-order valence-electron chi connectivity index (χ0n) is 18.1. The number of aromatic nitrogens is 3. The van der Waals surface area contributed by atoms with E-state index < -0.39 is 0 Å². The second-order valence-electron chi connectivity index (χ2n) is 7.59. The molecule has 0 unspecified atom stereocenters. The maximum atomic E-state index is 13.3. The Bertz CT molecular complexity index is 1500. The number of carbonyl (C=O) groups is 1. The lowest BCUT2D eigenvalue weighted by atomic mass is 10.1. The van der Waals surface area contributed by atoms with E-state index in [9.17, 15) is 9.59 Å². The quantitative estimate of drug-likeness (QED) is 0.333. The minimum Gasteiger partial charge on any atom is -0.293 e. The molecule has 0 atom stereocenters. The topological polar surface area (TPSA) is 68.1 Å². The van der Waals surface area contributed by atoms with Crippen LogP contribution in [0, 0.1) is 6.92 Å². The summed E-state index contributed by atoms with van der Waals surface area (Å²) in [7, 11) is 0. The van der Waals surface area contributed by atoms with Gasteiger partial charge in [-0.15, -0.1) is 22.7 Å². The largest absolute Gasteiger partial charge is 0.293 e. The Labute approximate surface area is 198 Å². The third-order valence-electron chi connectivity index (χ3n) is 5.35. The van der Waals surface area contributed by atoms with E-state index >= 15 is 0 Å². The molecular weight excluding hydrogens is 452 g/mol. The van der Waals surface area contributed by atoms with Crippen molar-refractivity contribution < 1.29 is 4.79 Å². The number of aryl methyl sites for hydroxylation is 1. The first kappa shape index (κ1) is 21.2. The van der Waals surface area contributed by atoms with Crippen LogP contribution in [-0.2, 0) is 11.3 Å². The molecule has 0 bridgehead atoms. The highest BCUT2D eigenvalue weighted by atomic mass is 32.1. The molecular formula is C25H20N4O2S2. The van der Waals surface area contributed by atoms with Crippen molar-refractivity contribution in [1.29, 1.82) is 0 Å². The van der Waals surface area contributed by atoms with Gasteiger partial charge >= 0.3 is 0 Å². The third kappa shape index (κ3) is 3.99. The van der Waals surface area contributed by atoms with Crippen molar-refractivity contribution in [1.82, 2.24) is 14.5 Å². The van der Waals surface area contributed by atoms with Crippen LogP contribution >= 0.6 is 22.7 Å². The van der Waals surface area contributed by atoms with Gasteiger partial charge in [0.25, 0.3) is 5.56 Å². The normalized spacial score (nSPS) is 11.1. The van der Waals surface area contributed by atoms with Gasteiger partial charge in [0.05, 0.1) is 29.6 Å². The molecule has 33 heavy (non-hydrogen) atoms. The van der Waals surface area contributed by atoms with Gasteiger partial charge in [0.2, 0.25) is 5.91 Å². The van der Waals surface area contributed by atoms with Gasteiger partial charge in [0.1, 0.15) is 4.83 Å². The second kappa shape index (κ2) is 8.73. The Balaban J connectivity index is 1.49. The highest BCUT2D eigenvalue weighted by Gasteiger charge is 2.19. The molecule has 6 nitrogen and oxygen atoms in total. The van der Waals surface area contributed by atoms with E-state index in [0.29, 0.717) is 16.2 Å². The van der Waals surface area contributed by atoms with E-state index in [1.165, 1.54) is 29.6 Å². The molecule has 0 aliphatic carbocycles. The lowest BCUT2D eigenvalue weighted by molar-refractivity contribution is -0.115. The summed E-state index contributed by atoms with van der Waals surface area (Å²) < 4.78 is 1.58. The summed E-state index contributed by atoms with van der Waals surface area (Å²) in [4.78, 5) is 38.2. The number of rotatable bonds is 5. The minimum absolute atomic E-state index is 0.0861. The average Bonchev–Trinajstić information content (AvgIpc) is 3.41. The Hall–Kier alpha value is -3.62. The number of carbonyl (C=O) groups excluding carboxylic acids is 1. The Morgan fingerprint density at radius 1 is 1.06 bits per heavy atom.